The number of hydrogen-bond donors (Lipinski definition) is 2. The van der Waals surface area contributed by atoms with E-state index in [-0.39, 0.29) is 5.82 Å². The molecule has 0 bridgehead atoms. The largest absolute Gasteiger partial charge is 0.387 e. The van der Waals surface area contributed by atoms with Crippen molar-refractivity contribution in [1.82, 2.24) is 5.32 Å². The maximum Gasteiger partial charge on any atom is 0.130 e. The van der Waals surface area contributed by atoms with Crippen LogP contribution < -0.4 is 5.32 Å². The minimum Gasteiger partial charge on any atom is -0.387 e. The Morgan fingerprint density at radius 1 is 1.57 bits per heavy atom. The Hall–Kier alpha value is -0.580. The van der Waals surface area contributed by atoms with Crippen LogP contribution in [0.15, 0.2) is 23.1 Å². The molecule has 0 aliphatic carbocycles. The summed E-state index contributed by atoms with van der Waals surface area (Å²) < 4.78 is 13.4. The highest BCUT2D eigenvalue weighted by molar-refractivity contribution is 7.98. The van der Waals surface area contributed by atoms with Crippen LogP contribution in [0.5, 0.6) is 0 Å². The van der Waals surface area contributed by atoms with Crippen LogP contribution in [0.2, 0.25) is 0 Å². The fourth-order valence-electron chi connectivity index (χ4n) is 1.31. The summed E-state index contributed by atoms with van der Waals surface area (Å²) >= 11 is 1.44. The molecule has 1 unspecified atom stereocenters. The maximum absolute atomic E-state index is 13.4. The van der Waals surface area contributed by atoms with Crippen LogP contribution >= 0.6 is 11.8 Å². The van der Waals surface area contributed by atoms with E-state index in [0.717, 1.165) is 4.90 Å². The molecule has 2 N–H and O–H groups in total. The van der Waals surface area contributed by atoms with Gasteiger partial charge in [0.05, 0.1) is 6.10 Å². The molecule has 0 heterocycles. The van der Waals surface area contributed by atoms with Gasteiger partial charge in [-0.15, -0.1) is 11.8 Å². The van der Waals surface area contributed by atoms with E-state index in [1.807, 2.05) is 12.3 Å². The highest BCUT2D eigenvalue weighted by atomic mass is 32.2. The molecule has 1 aromatic rings. The van der Waals surface area contributed by atoms with Crippen LogP contribution in [0.4, 0.5) is 4.39 Å². The summed E-state index contributed by atoms with van der Waals surface area (Å²) in [6.45, 7) is 0.356. The molecule has 14 heavy (non-hydrogen) atoms. The highest BCUT2D eigenvalue weighted by Gasteiger charge is 2.15. The van der Waals surface area contributed by atoms with Crippen molar-refractivity contribution >= 4 is 11.8 Å². The standard InChI is InChI=1S/C10H14FNOS/c1-12-6-8(13)10-7(11)4-3-5-9(10)14-2/h3-5,8,12-13H,6H2,1-2H3. The lowest BCUT2D eigenvalue weighted by Gasteiger charge is -2.14. The van der Waals surface area contributed by atoms with Gasteiger partial charge in [0.25, 0.3) is 0 Å². The van der Waals surface area contributed by atoms with E-state index in [4.69, 9.17) is 0 Å². The molecule has 0 amide bonds. The van der Waals surface area contributed by atoms with Crippen molar-refractivity contribution in [1.29, 1.82) is 0 Å². The van der Waals surface area contributed by atoms with Crippen molar-refractivity contribution in [3.63, 3.8) is 0 Å². The first-order chi connectivity index (χ1) is 6.70. The van der Waals surface area contributed by atoms with Crippen LogP contribution in [0.3, 0.4) is 0 Å². The van der Waals surface area contributed by atoms with Crippen LogP contribution in [0.25, 0.3) is 0 Å². The summed E-state index contributed by atoms with van der Waals surface area (Å²) in [6, 6.07) is 4.83. The Labute approximate surface area is 87.5 Å². The Kier molecular flexibility index (Phi) is 4.38. The van der Waals surface area contributed by atoms with Gasteiger partial charge in [-0.3, -0.25) is 0 Å². The van der Waals surface area contributed by atoms with Crippen LogP contribution in [0, 0.1) is 5.82 Å². The summed E-state index contributed by atoms with van der Waals surface area (Å²) in [4.78, 5) is 0.785. The lowest BCUT2D eigenvalue weighted by atomic mass is 10.1. The molecular formula is C10H14FNOS. The normalized spacial score (nSPS) is 12.9. The first-order valence-electron chi connectivity index (χ1n) is 4.35. The third-order valence-electron chi connectivity index (χ3n) is 1.96. The number of rotatable bonds is 4. The predicted molar refractivity (Wildman–Crippen MR) is 57.1 cm³/mol. The molecule has 0 aliphatic heterocycles. The average molecular weight is 215 g/mol. The van der Waals surface area contributed by atoms with Gasteiger partial charge in [0, 0.05) is 17.0 Å². The van der Waals surface area contributed by atoms with E-state index >= 15 is 0 Å². The number of likely N-dealkylation sites (N-methyl/N-ethyl adjacent to an activating group) is 1. The molecule has 78 valence electrons. The third kappa shape index (κ3) is 2.47. The van der Waals surface area contributed by atoms with E-state index in [0.29, 0.717) is 12.1 Å². The molecular weight excluding hydrogens is 201 g/mol. The third-order valence-corrected chi connectivity index (χ3v) is 2.76. The van der Waals surface area contributed by atoms with Crippen molar-refractivity contribution in [3.05, 3.63) is 29.6 Å². The second-order valence-corrected chi connectivity index (χ2v) is 3.78. The molecule has 0 radical (unpaired) electrons. The zero-order chi connectivity index (χ0) is 10.6. The van der Waals surface area contributed by atoms with Gasteiger partial charge in [0.2, 0.25) is 0 Å². The van der Waals surface area contributed by atoms with Gasteiger partial charge < -0.3 is 10.4 Å². The lowest BCUT2D eigenvalue weighted by Crippen LogP contribution is -2.18. The summed E-state index contributed by atoms with van der Waals surface area (Å²) in [6.07, 6.45) is 1.08. The van der Waals surface area contributed by atoms with Crippen LogP contribution in [-0.2, 0) is 0 Å². The molecule has 4 heteroatoms. The van der Waals surface area contributed by atoms with Gasteiger partial charge in [-0.25, -0.2) is 4.39 Å². The van der Waals surface area contributed by atoms with E-state index in [2.05, 4.69) is 5.32 Å². The molecule has 0 saturated carbocycles. The van der Waals surface area contributed by atoms with Crippen LogP contribution in [0.1, 0.15) is 11.7 Å². The van der Waals surface area contributed by atoms with Crippen molar-refractivity contribution in [2.24, 2.45) is 0 Å². The van der Waals surface area contributed by atoms with E-state index in [1.54, 1.807) is 13.1 Å². The second-order valence-electron chi connectivity index (χ2n) is 2.93. The first kappa shape index (κ1) is 11.5. The summed E-state index contributed by atoms with van der Waals surface area (Å²) in [5.41, 5.74) is 0.384. The predicted octanol–water partition coefficient (Wildman–Crippen LogP) is 1.80. The van der Waals surface area contributed by atoms with Gasteiger partial charge >= 0.3 is 0 Å². The minimum absolute atomic E-state index is 0.348. The fourth-order valence-corrected chi connectivity index (χ4v) is 1.98. The van der Waals surface area contributed by atoms with Gasteiger partial charge in [-0.05, 0) is 25.4 Å². The summed E-state index contributed by atoms with van der Waals surface area (Å²) in [5, 5.41) is 12.5. The van der Waals surface area contributed by atoms with Crippen molar-refractivity contribution in [2.45, 2.75) is 11.0 Å². The summed E-state index contributed by atoms with van der Waals surface area (Å²) in [7, 11) is 1.73. The highest BCUT2D eigenvalue weighted by Crippen LogP contribution is 2.27. The number of thioether (sulfide) groups is 1. The topological polar surface area (TPSA) is 32.3 Å². The van der Waals surface area contributed by atoms with Gasteiger partial charge in [-0.1, -0.05) is 6.07 Å². The van der Waals surface area contributed by atoms with E-state index in [1.165, 1.54) is 17.8 Å². The second kappa shape index (κ2) is 5.34. The Morgan fingerprint density at radius 2 is 2.29 bits per heavy atom. The molecule has 1 atom stereocenters. The molecule has 1 rings (SSSR count). The number of aliphatic hydroxyl groups excluding tert-OH is 1. The zero-order valence-corrected chi connectivity index (χ0v) is 9.07. The zero-order valence-electron chi connectivity index (χ0n) is 8.25. The van der Waals surface area contributed by atoms with Gasteiger partial charge in [0.15, 0.2) is 0 Å². The average Bonchev–Trinajstić information content (AvgIpc) is 2.17. The van der Waals surface area contributed by atoms with Crippen molar-refractivity contribution in [2.75, 3.05) is 19.8 Å². The molecule has 0 saturated heterocycles. The fraction of sp³-hybridized carbons (Fsp3) is 0.400. The smallest absolute Gasteiger partial charge is 0.130 e. The number of nitrogens with one attached hydrogen (secondary N) is 1. The SMILES string of the molecule is CNCC(O)c1c(F)cccc1SC. The lowest BCUT2D eigenvalue weighted by molar-refractivity contribution is 0.170. The molecule has 2 nitrogen and oxygen atoms in total. The molecule has 0 fully saturated rings. The number of aliphatic hydroxyl groups is 1. The van der Waals surface area contributed by atoms with Crippen molar-refractivity contribution < 1.29 is 9.50 Å². The monoisotopic (exact) mass is 215 g/mol. The molecule has 0 aliphatic rings. The van der Waals surface area contributed by atoms with Gasteiger partial charge in [-0.2, -0.15) is 0 Å². The first-order valence-corrected chi connectivity index (χ1v) is 5.58. The van der Waals surface area contributed by atoms with Gasteiger partial charge in [0.1, 0.15) is 5.82 Å². The van der Waals surface area contributed by atoms with Crippen LogP contribution in [-0.4, -0.2) is 25.0 Å². The molecule has 0 spiro atoms. The minimum atomic E-state index is -0.788. The van der Waals surface area contributed by atoms with Crippen molar-refractivity contribution in [3.8, 4) is 0 Å². The maximum atomic E-state index is 13.4. The molecule has 0 aromatic heterocycles. The Morgan fingerprint density at radius 3 is 2.86 bits per heavy atom. The van der Waals surface area contributed by atoms with E-state index in [9.17, 15) is 9.50 Å². The Balaban J connectivity index is 3.03. The Bertz CT molecular complexity index is 306. The summed E-state index contributed by atoms with van der Waals surface area (Å²) in [5.74, 6) is -0.348. The quantitative estimate of drug-likeness (QED) is 0.751. The number of benzene rings is 1. The number of hydrogen-bond acceptors (Lipinski definition) is 3. The van der Waals surface area contributed by atoms with E-state index < -0.39 is 6.10 Å². The number of halogens is 1. The molecule has 1 aromatic carbocycles.